The number of aliphatic hydroxyl groups is 1. The SMILES string of the molecule is CC1=C(O)CC(=O)N1C(=O)OCc1ccccc1. The van der Waals surface area contributed by atoms with Crippen molar-refractivity contribution in [2.24, 2.45) is 0 Å². The number of imide groups is 1. The maximum Gasteiger partial charge on any atom is 0.421 e. The van der Waals surface area contributed by atoms with Gasteiger partial charge in [-0.2, -0.15) is 0 Å². The van der Waals surface area contributed by atoms with E-state index in [1.807, 2.05) is 30.3 Å². The molecule has 94 valence electrons. The van der Waals surface area contributed by atoms with Crippen LogP contribution in [0.2, 0.25) is 0 Å². The molecule has 1 aliphatic rings. The number of benzene rings is 1. The number of hydrogen-bond acceptors (Lipinski definition) is 4. The Hall–Kier alpha value is -2.30. The molecule has 1 N–H and O–H groups in total. The van der Waals surface area contributed by atoms with Crippen molar-refractivity contribution < 1.29 is 19.4 Å². The maximum absolute atomic E-state index is 11.7. The minimum absolute atomic E-state index is 0.0864. The second-order valence-corrected chi connectivity index (χ2v) is 3.98. The first-order chi connectivity index (χ1) is 8.59. The van der Waals surface area contributed by atoms with Crippen LogP contribution in [0.5, 0.6) is 0 Å². The zero-order valence-corrected chi connectivity index (χ0v) is 9.92. The van der Waals surface area contributed by atoms with Crippen LogP contribution >= 0.6 is 0 Å². The summed E-state index contributed by atoms with van der Waals surface area (Å²) in [5, 5.41) is 9.38. The molecule has 1 aromatic rings. The van der Waals surface area contributed by atoms with Crippen LogP contribution in [0.1, 0.15) is 18.9 Å². The van der Waals surface area contributed by atoms with Gasteiger partial charge in [0.2, 0.25) is 5.91 Å². The van der Waals surface area contributed by atoms with Crippen molar-refractivity contribution in [1.29, 1.82) is 0 Å². The summed E-state index contributed by atoms with van der Waals surface area (Å²) in [5.74, 6) is -0.556. The molecule has 1 aliphatic heterocycles. The van der Waals surface area contributed by atoms with Crippen LogP contribution in [0.3, 0.4) is 0 Å². The summed E-state index contributed by atoms with van der Waals surface area (Å²) in [6, 6.07) is 9.17. The Morgan fingerprint density at radius 1 is 1.39 bits per heavy atom. The standard InChI is InChI=1S/C13H13NO4/c1-9-11(15)7-12(16)14(9)13(17)18-8-10-5-3-2-4-6-10/h2-6,15H,7-8H2,1H3. The molecule has 0 aromatic heterocycles. The molecule has 0 fully saturated rings. The molecule has 0 unspecified atom stereocenters. The minimum Gasteiger partial charge on any atom is -0.510 e. The Kier molecular flexibility index (Phi) is 3.32. The molecule has 5 nitrogen and oxygen atoms in total. The van der Waals surface area contributed by atoms with Gasteiger partial charge in [-0.3, -0.25) is 4.79 Å². The molecular weight excluding hydrogens is 234 g/mol. The topological polar surface area (TPSA) is 66.8 Å². The third kappa shape index (κ3) is 2.34. The van der Waals surface area contributed by atoms with E-state index in [9.17, 15) is 14.7 Å². The van der Waals surface area contributed by atoms with Gasteiger partial charge in [0.1, 0.15) is 12.4 Å². The fourth-order valence-corrected chi connectivity index (χ4v) is 1.69. The highest BCUT2D eigenvalue weighted by Crippen LogP contribution is 2.22. The minimum atomic E-state index is -0.759. The summed E-state index contributed by atoms with van der Waals surface area (Å²) in [6.45, 7) is 1.60. The molecule has 0 saturated heterocycles. The summed E-state index contributed by atoms with van der Waals surface area (Å²) in [5.41, 5.74) is 1.07. The second kappa shape index (κ2) is 4.91. The molecule has 0 radical (unpaired) electrons. The largest absolute Gasteiger partial charge is 0.510 e. The van der Waals surface area contributed by atoms with Gasteiger partial charge in [-0.15, -0.1) is 0 Å². The van der Waals surface area contributed by atoms with Crippen LogP contribution in [0.15, 0.2) is 41.8 Å². The van der Waals surface area contributed by atoms with E-state index in [4.69, 9.17) is 4.74 Å². The molecule has 0 aliphatic carbocycles. The lowest BCUT2D eigenvalue weighted by Gasteiger charge is -2.15. The zero-order valence-electron chi connectivity index (χ0n) is 9.92. The van der Waals surface area contributed by atoms with Crippen LogP contribution in [-0.2, 0) is 16.1 Å². The summed E-state index contributed by atoms with van der Waals surface area (Å²) in [4.78, 5) is 24.1. The lowest BCUT2D eigenvalue weighted by molar-refractivity contribution is -0.126. The number of aliphatic hydroxyl groups excluding tert-OH is 1. The van der Waals surface area contributed by atoms with Crippen molar-refractivity contribution >= 4 is 12.0 Å². The summed E-state index contributed by atoms with van der Waals surface area (Å²) >= 11 is 0. The third-order valence-electron chi connectivity index (χ3n) is 2.71. The first kappa shape index (κ1) is 12.2. The van der Waals surface area contributed by atoms with Crippen LogP contribution in [-0.4, -0.2) is 22.0 Å². The molecule has 1 aromatic carbocycles. The second-order valence-electron chi connectivity index (χ2n) is 3.98. The number of allylic oxidation sites excluding steroid dienone is 1. The van der Waals surface area contributed by atoms with E-state index < -0.39 is 12.0 Å². The van der Waals surface area contributed by atoms with Crippen LogP contribution in [0, 0.1) is 0 Å². The number of carbonyl (C=O) groups excluding carboxylic acids is 2. The summed E-state index contributed by atoms with van der Waals surface area (Å²) in [7, 11) is 0. The lowest BCUT2D eigenvalue weighted by Crippen LogP contribution is -2.31. The quantitative estimate of drug-likeness (QED) is 0.871. The van der Waals surface area contributed by atoms with E-state index in [2.05, 4.69) is 0 Å². The molecule has 0 atom stereocenters. The maximum atomic E-state index is 11.7. The van der Waals surface area contributed by atoms with Crippen molar-refractivity contribution in [2.75, 3.05) is 0 Å². The number of hydrogen-bond donors (Lipinski definition) is 1. The lowest BCUT2D eigenvalue weighted by atomic mass is 10.2. The molecular formula is C13H13NO4. The number of nitrogens with zero attached hydrogens (tertiary/aromatic N) is 1. The Labute approximate surface area is 104 Å². The van der Waals surface area contributed by atoms with E-state index in [0.29, 0.717) is 0 Å². The zero-order chi connectivity index (χ0) is 13.1. The van der Waals surface area contributed by atoms with Crippen molar-refractivity contribution in [2.45, 2.75) is 20.0 Å². The predicted molar refractivity (Wildman–Crippen MR) is 63.4 cm³/mol. The van der Waals surface area contributed by atoms with Gasteiger partial charge in [-0.05, 0) is 12.5 Å². The molecule has 0 bridgehead atoms. The molecule has 5 heteroatoms. The molecule has 0 spiro atoms. The summed E-state index contributed by atoms with van der Waals surface area (Å²) < 4.78 is 5.02. The van der Waals surface area contributed by atoms with Gasteiger partial charge in [-0.25, -0.2) is 9.69 Å². The van der Waals surface area contributed by atoms with Crippen molar-refractivity contribution in [1.82, 2.24) is 4.90 Å². The van der Waals surface area contributed by atoms with Gasteiger partial charge in [0, 0.05) is 0 Å². The smallest absolute Gasteiger partial charge is 0.421 e. The van der Waals surface area contributed by atoms with E-state index >= 15 is 0 Å². The van der Waals surface area contributed by atoms with Crippen molar-refractivity contribution in [3.8, 4) is 0 Å². The molecule has 18 heavy (non-hydrogen) atoms. The normalized spacial score (nSPS) is 15.2. The highest BCUT2D eigenvalue weighted by Gasteiger charge is 2.33. The molecule has 2 rings (SSSR count). The number of carbonyl (C=O) groups is 2. The van der Waals surface area contributed by atoms with Crippen molar-refractivity contribution in [3.63, 3.8) is 0 Å². The Balaban J connectivity index is 1.99. The highest BCUT2D eigenvalue weighted by molar-refractivity contribution is 5.97. The Morgan fingerprint density at radius 2 is 2.06 bits per heavy atom. The van der Waals surface area contributed by atoms with E-state index in [-0.39, 0.29) is 24.5 Å². The summed E-state index contributed by atoms with van der Waals surface area (Å²) in [6.07, 6.45) is -0.905. The van der Waals surface area contributed by atoms with E-state index in [0.717, 1.165) is 10.5 Å². The first-order valence-corrected chi connectivity index (χ1v) is 5.52. The number of rotatable bonds is 2. The Morgan fingerprint density at radius 3 is 2.61 bits per heavy atom. The molecule has 0 saturated carbocycles. The number of amides is 2. The Bertz CT molecular complexity index is 507. The van der Waals surface area contributed by atoms with Gasteiger partial charge in [0.15, 0.2) is 0 Å². The monoisotopic (exact) mass is 247 g/mol. The fraction of sp³-hybridized carbons (Fsp3) is 0.231. The predicted octanol–water partition coefficient (Wildman–Crippen LogP) is 2.35. The fourth-order valence-electron chi connectivity index (χ4n) is 1.69. The van der Waals surface area contributed by atoms with Gasteiger partial charge in [-0.1, -0.05) is 30.3 Å². The average Bonchev–Trinajstić information content (AvgIpc) is 2.62. The number of ether oxygens (including phenoxy) is 1. The average molecular weight is 247 g/mol. The van der Waals surface area contributed by atoms with Crippen LogP contribution in [0.25, 0.3) is 0 Å². The van der Waals surface area contributed by atoms with E-state index in [1.54, 1.807) is 0 Å². The van der Waals surface area contributed by atoms with Gasteiger partial charge >= 0.3 is 6.09 Å². The van der Waals surface area contributed by atoms with Crippen LogP contribution in [0.4, 0.5) is 4.79 Å². The van der Waals surface area contributed by atoms with Crippen molar-refractivity contribution in [3.05, 3.63) is 47.4 Å². The first-order valence-electron chi connectivity index (χ1n) is 5.52. The molecule has 1 heterocycles. The third-order valence-corrected chi connectivity index (χ3v) is 2.71. The molecule has 2 amide bonds. The van der Waals surface area contributed by atoms with E-state index in [1.165, 1.54) is 6.92 Å². The van der Waals surface area contributed by atoms with Gasteiger partial charge in [0.05, 0.1) is 12.1 Å². The van der Waals surface area contributed by atoms with Gasteiger partial charge in [0.25, 0.3) is 0 Å². The van der Waals surface area contributed by atoms with Gasteiger partial charge < -0.3 is 9.84 Å². The van der Waals surface area contributed by atoms with Crippen LogP contribution < -0.4 is 0 Å². The highest BCUT2D eigenvalue weighted by atomic mass is 16.6.